The number of carbonyl (C=O) groups is 1. The second-order valence-electron chi connectivity index (χ2n) is 4.92. The Bertz CT molecular complexity index is 586. The maximum Gasteiger partial charge on any atom is 0.237 e. The highest BCUT2D eigenvalue weighted by molar-refractivity contribution is 7.97. The van der Waals surface area contributed by atoms with E-state index in [9.17, 15) is 4.79 Å². The molecule has 0 atom stereocenters. The first-order valence-electron chi connectivity index (χ1n) is 6.90. The van der Waals surface area contributed by atoms with Crippen molar-refractivity contribution in [1.82, 2.24) is 9.62 Å². The number of likely N-dealkylation sites (N-methyl/N-ethyl adjacent to an activating group) is 1. The van der Waals surface area contributed by atoms with Crippen molar-refractivity contribution in [3.8, 4) is 0 Å². The van der Waals surface area contributed by atoms with Gasteiger partial charge in [-0.25, -0.2) is 0 Å². The van der Waals surface area contributed by atoms with E-state index in [0.717, 1.165) is 10.5 Å². The highest BCUT2D eigenvalue weighted by atomic mass is 32.2. The molecule has 0 saturated heterocycles. The summed E-state index contributed by atoms with van der Waals surface area (Å²) in [6.45, 7) is 3.02. The molecule has 21 heavy (non-hydrogen) atoms. The summed E-state index contributed by atoms with van der Waals surface area (Å²) in [6.07, 6.45) is 0. The summed E-state index contributed by atoms with van der Waals surface area (Å²) in [5, 5.41) is 0. The number of hydrogen-bond donors (Lipinski definition) is 1. The molecule has 2 rings (SSSR count). The predicted octanol–water partition coefficient (Wildman–Crippen LogP) is 3.25. The first-order chi connectivity index (χ1) is 10.2. The molecule has 2 aromatic carbocycles. The van der Waals surface area contributed by atoms with Crippen LogP contribution < -0.4 is 4.72 Å². The summed E-state index contributed by atoms with van der Waals surface area (Å²) in [6, 6.07) is 18.1. The Kier molecular flexibility index (Phi) is 5.84. The van der Waals surface area contributed by atoms with Crippen LogP contribution in [-0.4, -0.2) is 24.4 Å². The van der Waals surface area contributed by atoms with Gasteiger partial charge in [-0.1, -0.05) is 48.5 Å². The van der Waals surface area contributed by atoms with Gasteiger partial charge in [0.2, 0.25) is 5.91 Å². The zero-order valence-electron chi connectivity index (χ0n) is 12.4. The molecule has 110 valence electrons. The minimum atomic E-state index is 0.0833. The SMILES string of the molecule is Cc1ccccc1SNCC(=O)N(C)Cc1ccccc1. The molecule has 0 unspecified atom stereocenters. The molecule has 3 nitrogen and oxygen atoms in total. The Hall–Kier alpha value is -1.78. The van der Waals surface area contributed by atoms with Crippen LogP contribution in [0, 0.1) is 6.92 Å². The molecule has 0 bridgehead atoms. The lowest BCUT2D eigenvalue weighted by Gasteiger charge is -2.17. The minimum absolute atomic E-state index is 0.0833. The van der Waals surface area contributed by atoms with Crippen LogP contribution >= 0.6 is 11.9 Å². The van der Waals surface area contributed by atoms with Gasteiger partial charge in [-0.05, 0) is 36.1 Å². The summed E-state index contributed by atoms with van der Waals surface area (Å²) in [7, 11) is 1.83. The molecule has 0 aliphatic rings. The van der Waals surface area contributed by atoms with Crippen molar-refractivity contribution in [3.05, 3.63) is 65.7 Å². The van der Waals surface area contributed by atoms with Crippen molar-refractivity contribution in [2.24, 2.45) is 0 Å². The standard InChI is InChI=1S/C17H20N2OS/c1-14-8-6-7-11-16(14)21-18-12-17(20)19(2)13-15-9-4-3-5-10-15/h3-11,18H,12-13H2,1-2H3. The third-order valence-corrected chi connectivity index (χ3v) is 4.15. The van der Waals surface area contributed by atoms with Gasteiger partial charge in [0, 0.05) is 18.5 Å². The highest BCUT2D eigenvalue weighted by Crippen LogP contribution is 2.18. The number of aryl methyl sites for hydroxylation is 1. The van der Waals surface area contributed by atoms with E-state index < -0.39 is 0 Å². The van der Waals surface area contributed by atoms with Crippen molar-refractivity contribution in [1.29, 1.82) is 0 Å². The second kappa shape index (κ2) is 7.86. The number of nitrogens with one attached hydrogen (secondary N) is 1. The van der Waals surface area contributed by atoms with Crippen LogP contribution in [0.4, 0.5) is 0 Å². The largest absolute Gasteiger partial charge is 0.340 e. The van der Waals surface area contributed by atoms with E-state index in [1.807, 2.05) is 55.6 Å². The van der Waals surface area contributed by atoms with Crippen LogP contribution in [0.3, 0.4) is 0 Å². The zero-order valence-corrected chi connectivity index (χ0v) is 13.2. The average molecular weight is 300 g/mol. The van der Waals surface area contributed by atoms with Crippen LogP contribution in [0.25, 0.3) is 0 Å². The Balaban J connectivity index is 1.78. The van der Waals surface area contributed by atoms with E-state index in [1.165, 1.54) is 17.5 Å². The van der Waals surface area contributed by atoms with E-state index in [1.54, 1.807) is 4.90 Å². The van der Waals surface area contributed by atoms with Crippen molar-refractivity contribution >= 4 is 17.9 Å². The first kappa shape index (κ1) is 15.6. The quantitative estimate of drug-likeness (QED) is 0.831. The summed E-state index contributed by atoms with van der Waals surface area (Å²) in [5.41, 5.74) is 2.35. The third kappa shape index (κ3) is 4.92. The van der Waals surface area contributed by atoms with Gasteiger partial charge in [0.15, 0.2) is 0 Å². The van der Waals surface area contributed by atoms with Crippen molar-refractivity contribution in [2.75, 3.05) is 13.6 Å². The third-order valence-electron chi connectivity index (χ3n) is 3.19. The highest BCUT2D eigenvalue weighted by Gasteiger charge is 2.09. The van der Waals surface area contributed by atoms with Crippen LogP contribution in [0.15, 0.2) is 59.5 Å². The maximum atomic E-state index is 12.1. The second-order valence-corrected chi connectivity index (χ2v) is 5.86. The molecule has 0 radical (unpaired) electrons. The Labute approximate surface area is 130 Å². The van der Waals surface area contributed by atoms with Crippen molar-refractivity contribution < 1.29 is 4.79 Å². The fourth-order valence-corrected chi connectivity index (χ4v) is 2.65. The van der Waals surface area contributed by atoms with Gasteiger partial charge in [0.05, 0.1) is 6.54 Å². The fourth-order valence-electron chi connectivity index (χ4n) is 1.93. The lowest BCUT2D eigenvalue weighted by Crippen LogP contribution is -2.32. The van der Waals surface area contributed by atoms with Crippen LogP contribution in [-0.2, 0) is 11.3 Å². The smallest absolute Gasteiger partial charge is 0.237 e. The molecule has 0 heterocycles. The fraction of sp³-hybridized carbons (Fsp3) is 0.235. The maximum absolute atomic E-state index is 12.1. The number of carbonyl (C=O) groups excluding carboxylic acids is 1. The molecule has 0 aliphatic carbocycles. The molecule has 2 aromatic rings. The van der Waals surface area contributed by atoms with Gasteiger partial charge in [-0.3, -0.25) is 9.52 Å². The predicted molar refractivity (Wildman–Crippen MR) is 88.0 cm³/mol. The summed E-state index contributed by atoms with van der Waals surface area (Å²) < 4.78 is 3.13. The lowest BCUT2D eigenvalue weighted by molar-refractivity contribution is -0.129. The Morgan fingerprint density at radius 3 is 2.48 bits per heavy atom. The molecule has 4 heteroatoms. The van der Waals surface area contributed by atoms with Crippen LogP contribution in [0.5, 0.6) is 0 Å². The zero-order chi connectivity index (χ0) is 15.1. The van der Waals surface area contributed by atoms with Gasteiger partial charge in [-0.2, -0.15) is 0 Å². The number of hydrogen-bond acceptors (Lipinski definition) is 3. The molecule has 1 amide bonds. The number of amides is 1. The lowest BCUT2D eigenvalue weighted by atomic mass is 10.2. The minimum Gasteiger partial charge on any atom is -0.340 e. The Morgan fingerprint density at radius 2 is 1.76 bits per heavy atom. The summed E-state index contributed by atoms with van der Waals surface area (Å²) >= 11 is 1.50. The van der Waals surface area contributed by atoms with E-state index in [0.29, 0.717) is 13.1 Å². The van der Waals surface area contributed by atoms with Gasteiger partial charge in [0.1, 0.15) is 0 Å². The van der Waals surface area contributed by atoms with E-state index in [4.69, 9.17) is 0 Å². The molecule has 1 N–H and O–H groups in total. The molecule has 0 fully saturated rings. The van der Waals surface area contributed by atoms with E-state index >= 15 is 0 Å². The van der Waals surface area contributed by atoms with E-state index in [2.05, 4.69) is 17.7 Å². The molecular weight excluding hydrogens is 280 g/mol. The van der Waals surface area contributed by atoms with Crippen LogP contribution in [0.1, 0.15) is 11.1 Å². The average Bonchev–Trinajstić information content (AvgIpc) is 2.50. The molecule has 0 aliphatic heterocycles. The molecular formula is C17H20N2OS. The Morgan fingerprint density at radius 1 is 1.10 bits per heavy atom. The number of rotatable bonds is 6. The van der Waals surface area contributed by atoms with Crippen molar-refractivity contribution in [3.63, 3.8) is 0 Å². The van der Waals surface area contributed by atoms with Gasteiger partial charge in [-0.15, -0.1) is 0 Å². The normalized spacial score (nSPS) is 10.4. The van der Waals surface area contributed by atoms with E-state index in [-0.39, 0.29) is 5.91 Å². The van der Waals surface area contributed by atoms with Gasteiger partial charge in [0.25, 0.3) is 0 Å². The summed E-state index contributed by atoms with van der Waals surface area (Å²) in [5.74, 6) is 0.0833. The molecule has 0 saturated carbocycles. The molecule has 0 aromatic heterocycles. The molecule has 0 spiro atoms. The number of nitrogens with zero attached hydrogens (tertiary/aromatic N) is 1. The number of benzene rings is 2. The van der Waals surface area contributed by atoms with Crippen molar-refractivity contribution in [2.45, 2.75) is 18.4 Å². The van der Waals surface area contributed by atoms with Crippen LogP contribution in [0.2, 0.25) is 0 Å². The first-order valence-corrected chi connectivity index (χ1v) is 7.71. The van der Waals surface area contributed by atoms with Gasteiger partial charge >= 0.3 is 0 Å². The summed E-state index contributed by atoms with van der Waals surface area (Å²) in [4.78, 5) is 15.0. The van der Waals surface area contributed by atoms with Gasteiger partial charge < -0.3 is 4.90 Å². The topological polar surface area (TPSA) is 32.3 Å². The monoisotopic (exact) mass is 300 g/mol.